The third-order valence-corrected chi connectivity index (χ3v) is 5.68. The van der Waals surface area contributed by atoms with Crippen molar-refractivity contribution in [2.45, 2.75) is 26.2 Å². The number of hydrogen-bond donors (Lipinski definition) is 0. The maximum Gasteiger partial charge on any atom is 0.195 e. The number of thiazole rings is 1. The molecule has 0 radical (unpaired) electrons. The molecule has 5 heteroatoms. The van der Waals surface area contributed by atoms with Gasteiger partial charge in [-0.25, -0.2) is 4.98 Å². The zero-order valence-corrected chi connectivity index (χ0v) is 13.7. The van der Waals surface area contributed by atoms with E-state index >= 15 is 0 Å². The van der Waals surface area contributed by atoms with Gasteiger partial charge in [0.25, 0.3) is 0 Å². The highest BCUT2D eigenvalue weighted by Crippen LogP contribution is 2.36. The van der Waals surface area contributed by atoms with Gasteiger partial charge in [0.2, 0.25) is 0 Å². The fourth-order valence-electron chi connectivity index (χ4n) is 3.18. The van der Waals surface area contributed by atoms with E-state index in [2.05, 4.69) is 11.3 Å². The Morgan fingerprint density at radius 2 is 2.14 bits per heavy atom. The van der Waals surface area contributed by atoms with Crippen LogP contribution in [0.25, 0.3) is 16.2 Å². The van der Waals surface area contributed by atoms with E-state index in [0.29, 0.717) is 16.6 Å². The van der Waals surface area contributed by atoms with Gasteiger partial charge in [0.15, 0.2) is 11.2 Å². The zero-order valence-electron chi connectivity index (χ0n) is 12.2. The largest absolute Gasteiger partial charge is 0.296 e. The lowest BCUT2D eigenvalue weighted by Gasteiger charge is -2.17. The molecule has 1 aliphatic carbocycles. The topological polar surface area (TPSA) is 34.4 Å². The van der Waals surface area contributed by atoms with Crippen molar-refractivity contribution in [3.05, 3.63) is 45.6 Å². The number of fused-ring (bicyclic) bond motifs is 3. The molecule has 0 amide bonds. The second-order valence-corrected chi connectivity index (χ2v) is 7.41. The van der Waals surface area contributed by atoms with Crippen molar-refractivity contribution in [2.75, 3.05) is 0 Å². The smallest absolute Gasteiger partial charge is 0.195 e. The highest BCUT2D eigenvalue weighted by Gasteiger charge is 2.25. The van der Waals surface area contributed by atoms with Gasteiger partial charge in [-0.2, -0.15) is 0 Å². The van der Waals surface area contributed by atoms with E-state index < -0.39 is 0 Å². The van der Waals surface area contributed by atoms with Gasteiger partial charge in [-0.1, -0.05) is 30.7 Å². The van der Waals surface area contributed by atoms with Crippen LogP contribution in [0.1, 0.15) is 34.4 Å². The summed E-state index contributed by atoms with van der Waals surface area (Å²) in [6, 6.07) is 7.48. The lowest BCUT2D eigenvalue weighted by Crippen LogP contribution is -2.11. The summed E-state index contributed by atoms with van der Waals surface area (Å²) in [6.45, 7) is 2.28. The third-order valence-electron chi connectivity index (χ3n) is 4.33. The SMILES string of the molecule is CC1CCc2c(sc3nc(-c4ccc(Cl)cc4)c(C=O)n23)C1. The Morgan fingerprint density at radius 3 is 2.86 bits per heavy atom. The standard InChI is InChI=1S/C17H15ClN2OS/c1-10-2-7-13-15(8-10)22-17-19-16(14(9-21)20(13)17)11-3-5-12(18)6-4-11/h3-6,9-10H,2,7-8H2,1H3. The van der Waals surface area contributed by atoms with E-state index in [-0.39, 0.29) is 0 Å². The number of imidazole rings is 1. The van der Waals surface area contributed by atoms with Crippen LogP contribution in [0.15, 0.2) is 24.3 Å². The van der Waals surface area contributed by atoms with Gasteiger partial charge >= 0.3 is 0 Å². The molecule has 0 N–H and O–H groups in total. The maximum absolute atomic E-state index is 11.7. The fourth-order valence-corrected chi connectivity index (χ4v) is 4.64. The third kappa shape index (κ3) is 2.09. The van der Waals surface area contributed by atoms with Crippen molar-refractivity contribution in [3.8, 4) is 11.3 Å². The summed E-state index contributed by atoms with van der Waals surface area (Å²) in [4.78, 5) is 18.7. The van der Waals surface area contributed by atoms with E-state index in [1.807, 2.05) is 24.3 Å². The van der Waals surface area contributed by atoms with E-state index in [0.717, 1.165) is 35.3 Å². The molecule has 4 rings (SSSR count). The van der Waals surface area contributed by atoms with Gasteiger partial charge in [0.05, 0.1) is 0 Å². The molecular formula is C17H15ClN2OS. The Balaban J connectivity index is 1.92. The summed E-state index contributed by atoms with van der Waals surface area (Å²) in [5.41, 5.74) is 3.61. The molecule has 0 spiro atoms. The lowest BCUT2D eigenvalue weighted by atomic mass is 9.93. The summed E-state index contributed by atoms with van der Waals surface area (Å²) in [6.07, 6.45) is 4.21. The first kappa shape index (κ1) is 14.0. The van der Waals surface area contributed by atoms with Crippen LogP contribution in [0, 0.1) is 5.92 Å². The van der Waals surface area contributed by atoms with Gasteiger partial charge in [0, 0.05) is 21.2 Å². The van der Waals surface area contributed by atoms with Gasteiger partial charge in [0.1, 0.15) is 11.4 Å². The molecule has 0 fully saturated rings. The Labute approximate surface area is 137 Å². The molecule has 2 aromatic heterocycles. The van der Waals surface area contributed by atoms with Crippen LogP contribution >= 0.6 is 22.9 Å². The fraction of sp³-hybridized carbons (Fsp3) is 0.294. The Morgan fingerprint density at radius 1 is 1.36 bits per heavy atom. The number of benzene rings is 1. The molecule has 0 bridgehead atoms. The number of aldehydes is 1. The van der Waals surface area contributed by atoms with Crippen LogP contribution < -0.4 is 0 Å². The molecule has 1 aromatic carbocycles. The minimum Gasteiger partial charge on any atom is -0.296 e. The summed E-state index contributed by atoms with van der Waals surface area (Å²) < 4.78 is 2.06. The Hall–Kier alpha value is -1.65. The van der Waals surface area contributed by atoms with Crippen molar-refractivity contribution in [3.63, 3.8) is 0 Å². The van der Waals surface area contributed by atoms with Crippen LogP contribution in [-0.2, 0) is 12.8 Å². The van der Waals surface area contributed by atoms with Crippen LogP contribution in [-0.4, -0.2) is 15.7 Å². The number of nitrogens with zero attached hydrogens (tertiary/aromatic N) is 2. The van der Waals surface area contributed by atoms with Crippen LogP contribution in [0.4, 0.5) is 0 Å². The first-order valence-electron chi connectivity index (χ1n) is 7.41. The van der Waals surface area contributed by atoms with Crippen LogP contribution in [0.3, 0.4) is 0 Å². The van der Waals surface area contributed by atoms with Gasteiger partial charge < -0.3 is 0 Å². The number of aromatic nitrogens is 2. The van der Waals surface area contributed by atoms with E-state index in [1.165, 1.54) is 17.0 Å². The van der Waals surface area contributed by atoms with Crippen molar-refractivity contribution in [1.82, 2.24) is 9.38 Å². The van der Waals surface area contributed by atoms with E-state index in [1.54, 1.807) is 11.3 Å². The van der Waals surface area contributed by atoms with Crippen molar-refractivity contribution < 1.29 is 4.79 Å². The monoisotopic (exact) mass is 330 g/mol. The number of carbonyl (C=O) groups is 1. The molecule has 1 unspecified atom stereocenters. The van der Waals surface area contributed by atoms with Crippen molar-refractivity contribution >= 4 is 34.2 Å². The molecule has 0 saturated heterocycles. The first-order chi connectivity index (χ1) is 10.7. The number of carbonyl (C=O) groups excluding carboxylic acids is 1. The van der Waals surface area contributed by atoms with E-state index in [9.17, 15) is 4.79 Å². The highest BCUT2D eigenvalue weighted by atomic mass is 35.5. The Bertz CT molecular complexity index is 863. The summed E-state index contributed by atoms with van der Waals surface area (Å²) >= 11 is 7.66. The maximum atomic E-state index is 11.7. The van der Waals surface area contributed by atoms with Crippen molar-refractivity contribution in [1.29, 1.82) is 0 Å². The Kier molecular flexibility index (Phi) is 3.31. The average Bonchev–Trinajstić information content (AvgIpc) is 3.02. The summed E-state index contributed by atoms with van der Waals surface area (Å²) in [5, 5.41) is 0.684. The number of halogens is 1. The molecule has 22 heavy (non-hydrogen) atoms. The quantitative estimate of drug-likeness (QED) is 0.641. The molecule has 3 aromatic rings. The number of rotatable bonds is 2. The lowest BCUT2D eigenvalue weighted by molar-refractivity contribution is 0.111. The van der Waals surface area contributed by atoms with Crippen LogP contribution in [0.5, 0.6) is 0 Å². The molecule has 1 atom stereocenters. The predicted octanol–water partition coefficient (Wildman–Crippen LogP) is 4.65. The first-order valence-corrected chi connectivity index (χ1v) is 8.61. The van der Waals surface area contributed by atoms with Gasteiger partial charge in [-0.05, 0) is 37.3 Å². The highest BCUT2D eigenvalue weighted by molar-refractivity contribution is 7.17. The molecule has 0 aliphatic heterocycles. The molecular weight excluding hydrogens is 316 g/mol. The van der Waals surface area contributed by atoms with Crippen LogP contribution in [0.2, 0.25) is 5.02 Å². The van der Waals surface area contributed by atoms with Gasteiger partial charge in [-0.15, -0.1) is 11.3 Å². The molecule has 2 heterocycles. The zero-order chi connectivity index (χ0) is 15.3. The second-order valence-electron chi connectivity index (χ2n) is 5.91. The summed E-state index contributed by atoms with van der Waals surface area (Å²) in [7, 11) is 0. The number of hydrogen-bond acceptors (Lipinski definition) is 3. The minimum atomic E-state index is 0.657. The minimum absolute atomic E-state index is 0.657. The average molecular weight is 331 g/mol. The molecule has 1 aliphatic rings. The summed E-state index contributed by atoms with van der Waals surface area (Å²) in [5.74, 6) is 0.714. The number of aryl methyl sites for hydroxylation is 1. The molecule has 3 nitrogen and oxygen atoms in total. The normalized spacial score (nSPS) is 17.6. The molecule has 0 saturated carbocycles. The second kappa shape index (κ2) is 5.21. The van der Waals surface area contributed by atoms with E-state index in [4.69, 9.17) is 16.6 Å². The molecule has 112 valence electrons. The predicted molar refractivity (Wildman–Crippen MR) is 90.1 cm³/mol. The van der Waals surface area contributed by atoms with Crippen molar-refractivity contribution in [2.24, 2.45) is 5.92 Å². The van der Waals surface area contributed by atoms with Gasteiger partial charge in [-0.3, -0.25) is 9.20 Å².